The van der Waals surface area contributed by atoms with Gasteiger partial charge in [0.2, 0.25) is 0 Å². The summed E-state index contributed by atoms with van der Waals surface area (Å²) in [5.74, 6) is -1.70. The lowest BCUT2D eigenvalue weighted by Gasteiger charge is -2.19. The summed E-state index contributed by atoms with van der Waals surface area (Å²) in [5, 5.41) is 0.223. The molecule has 1 N–H and O–H groups in total. The van der Waals surface area contributed by atoms with Crippen LogP contribution in [0.1, 0.15) is 19.4 Å². The summed E-state index contributed by atoms with van der Waals surface area (Å²) in [6.45, 7) is 2.89. The van der Waals surface area contributed by atoms with E-state index in [1.807, 2.05) is 0 Å². The van der Waals surface area contributed by atoms with Crippen LogP contribution in [0.2, 0.25) is 10.0 Å². The largest absolute Gasteiger partial charge is 0.417 e. The van der Waals surface area contributed by atoms with Crippen molar-refractivity contribution < 1.29 is 22.8 Å². The molecule has 3 rings (SSSR count). The Labute approximate surface area is 155 Å². The van der Waals surface area contributed by atoms with E-state index in [1.165, 1.54) is 19.9 Å². The first-order chi connectivity index (χ1) is 12.0. The van der Waals surface area contributed by atoms with Gasteiger partial charge in [-0.05, 0) is 26.0 Å². The van der Waals surface area contributed by atoms with E-state index in [-0.39, 0.29) is 37.9 Å². The van der Waals surface area contributed by atoms with Crippen LogP contribution in [-0.2, 0) is 15.8 Å². The van der Waals surface area contributed by atoms with Crippen LogP contribution in [0, 0.1) is 0 Å². The summed E-state index contributed by atoms with van der Waals surface area (Å²) in [6, 6.07) is 3.10. The van der Waals surface area contributed by atoms with Crippen molar-refractivity contribution >= 4 is 51.7 Å². The highest BCUT2D eigenvalue weighted by Crippen LogP contribution is 2.39. The second-order valence-electron chi connectivity index (χ2n) is 5.62. The minimum Gasteiger partial charge on any atom is -0.271 e. The number of hydrogen-bond donors (Lipinski definition) is 1. The number of anilines is 1. The molecule has 1 aliphatic heterocycles. The summed E-state index contributed by atoms with van der Waals surface area (Å²) in [7, 11) is 0. The maximum atomic E-state index is 13.4. The quantitative estimate of drug-likeness (QED) is 0.744. The molecule has 0 fully saturated rings. The van der Waals surface area contributed by atoms with E-state index in [0.717, 1.165) is 6.07 Å². The van der Waals surface area contributed by atoms with E-state index >= 15 is 0 Å². The van der Waals surface area contributed by atoms with Gasteiger partial charge in [-0.3, -0.25) is 15.0 Å². The normalized spacial score (nSPS) is 15.4. The number of benzene rings is 1. The van der Waals surface area contributed by atoms with Gasteiger partial charge in [0.1, 0.15) is 5.82 Å². The third-order valence-electron chi connectivity index (χ3n) is 4.01. The van der Waals surface area contributed by atoms with Gasteiger partial charge < -0.3 is 0 Å². The van der Waals surface area contributed by atoms with E-state index in [0.29, 0.717) is 11.1 Å². The van der Waals surface area contributed by atoms with Crippen molar-refractivity contribution in [2.24, 2.45) is 0 Å². The number of carbonyl (C=O) groups excluding carboxylic acids is 2. The number of pyridine rings is 1. The molecule has 0 spiro atoms. The topological polar surface area (TPSA) is 62.3 Å². The van der Waals surface area contributed by atoms with Gasteiger partial charge >= 0.3 is 6.18 Å². The van der Waals surface area contributed by atoms with Crippen LogP contribution in [0.15, 0.2) is 29.3 Å². The van der Waals surface area contributed by atoms with E-state index in [4.69, 9.17) is 23.2 Å². The first-order valence-electron chi connectivity index (χ1n) is 7.21. The van der Waals surface area contributed by atoms with Crippen molar-refractivity contribution in [3.63, 3.8) is 0 Å². The van der Waals surface area contributed by atoms with Crippen molar-refractivity contribution in [2.75, 3.05) is 5.43 Å². The lowest BCUT2D eigenvalue weighted by molar-refractivity contribution is -0.136. The number of fused-ring (bicyclic) bond motifs is 1. The van der Waals surface area contributed by atoms with Gasteiger partial charge in [0.05, 0.1) is 21.1 Å². The zero-order chi connectivity index (χ0) is 19.4. The standard InChI is InChI=1S/C16H10Cl2F3N3O2/c1-6-7(2)15(26)24(14(6)25)23-11-5-9(16(19,20)21)8-3-4-10(17)12(18)13(8)22-11/h3-5H,1-2H3,(H,22,23). The van der Waals surface area contributed by atoms with Gasteiger partial charge in [0.15, 0.2) is 0 Å². The number of halogens is 5. The fourth-order valence-corrected chi connectivity index (χ4v) is 2.85. The molecule has 0 radical (unpaired) electrons. The predicted molar refractivity (Wildman–Crippen MR) is 90.6 cm³/mol. The molecule has 0 saturated heterocycles. The summed E-state index contributed by atoms with van der Waals surface area (Å²) >= 11 is 11.9. The molecular weight excluding hydrogens is 394 g/mol. The lowest BCUT2D eigenvalue weighted by atomic mass is 10.1. The van der Waals surface area contributed by atoms with Gasteiger partial charge in [-0.25, -0.2) is 4.98 Å². The van der Waals surface area contributed by atoms with Crippen molar-refractivity contribution in [3.8, 4) is 0 Å². The predicted octanol–water partition coefficient (Wildman–Crippen LogP) is 4.59. The Morgan fingerprint density at radius 2 is 1.65 bits per heavy atom. The number of imide groups is 1. The average Bonchev–Trinajstić information content (AvgIpc) is 2.75. The van der Waals surface area contributed by atoms with E-state index in [9.17, 15) is 22.8 Å². The molecule has 2 heterocycles. The van der Waals surface area contributed by atoms with Gasteiger partial charge in [-0.2, -0.15) is 18.2 Å². The van der Waals surface area contributed by atoms with Crippen LogP contribution in [0.3, 0.4) is 0 Å². The number of hydrazine groups is 1. The Morgan fingerprint density at radius 1 is 1.08 bits per heavy atom. The molecule has 0 aliphatic carbocycles. The first-order valence-corrected chi connectivity index (χ1v) is 7.97. The Morgan fingerprint density at radius 3 is 2.19 bits per heavy atom. The zero-order valence-corrected chi connectivity index (χ0v) is 14.8. The van der Waals surface area contributed by atoms with E-state index in [1.54, 1.807) is 0 Å². The Hall–Kier alpha value is -2.32. The van der Waals surface area contributed by atoms with Crippen molar-refractivity contribution in [2.45, 2.75) is 20.0 Å². The highest BCUT2D eigenvalue weighted by Gasteiger charge is 2.36. The molecule has 1 aromatic heterocycles. The second-order valence-corrected chi connectivity index (χ2v) is 6.40. The minimum atomic E-state index is -4.71. The third-order valence-corrected chi connectivity index (χ3v) is 4.81. The highest BCUT2D eigenvalue weighted by molar-refractivity contribution is 6.45. The molecule has 5 nitrogen and oxygen atoms in total. The summed E-state index contributed by atoms with van der Waals surface area (Å²) in [5.41, 5.74) is 1.50. The molecule has 2 amide bonds. The van der Waals surface area contributed by atoms with Crippen molar-refractivity contribution in [3.05, 3.63) is 45.0 Å². The van der Waals surface area contributed by atoms with Crippen LogP contribution >= 0.6 is 23.2 Å². The molecule has 1 aromatic carbocycles. The molecule has 26 heavy (non-hydrogen) atoms. The molecule has 0 bridgehead atoms. The van der Waals surface area contributed by atoms with Crippen LogP contribution in [0.4, 0.5) is 19.0 Å². The monoisotopic (exact) mass is 403 g/mol. The molecule has 2 aromatic rings. The molecule has 10 heteroatoms. The summed E-state index contributed by atoms with van der Waals surface area (Å²) < 4.78 is 40.3. The second kappa shape index (κ2) is 6.14. The molecular formula is C16H10Cl2F3N3O2. The average molecular weight is 404 g/mol. The SMILES string of the molecule is CC1=C(C)C(=O)N(Nc2cc(C(F)(F)F)c3ccc(Cl)c(Cl)c3n2)C1=O. The van der Waals surface area contributed by atoms with Gasteiger partial charge in [-0.15, -0.1) is 0 Å². The Balaban J connectivity index is 2.15. The van der Waals surface area contributed by atoms with Crippen LogP contribution in [0.5, 0.6) is 0 Å². The number of amides is 2. The minimum absolute atomic E-state index is 0.0265. The third kappa shape index (κ3) is 2.89. The molecule has 0 atom stereocenters. The summed E-state index contributed by atoms with van der Waals surface area (Å²) in [6.07, 6.45) is -4.71. The number of nitrogens with zero attached hydrogens (tertiary/aromatic N) is 2. The Kier molecular flexibility index (Phi) is 4.36. The van der Waals surface area contributed by atoms with Gasteiger partial charge in [0, 0.05) is 16.5 Å². The maximum absolute atomic E-state index is 13.4. The molecule has 0 unspecified atom stereocenters. The smallest absolute Gasteiger partial charge is 0.271 e. The number of alkyl halides is 3. The van der Waals surface area contributed by atoms with Gasteiger partial charge in [-0.1, -0.05) is 29.3 Å². The number of nitrogens with one attached hydrogen (secondary N) is 1. The lowest BCUT2D eigenvalue weighted by Crippen LogP contribution is -2.37. The maximum Gasteiger partial charge on any atom is 0.417 e. The van der Waals surface area contributed by atoms with Crippen LogP contribution in [-0.4, -0.2) is 21.8 Å². The van der Waals surface area contributed by atoms with Crippen LogP contribution in [0.25, 0.3) is 10.9 Å². The van der Waals surface area contributed by atoms with Crippen LogP contribution < -0.4 is 5.43 Å². The van der Waals surface area contributed by atoms with Crippen molar-refractivity contribution in [1.82, 2.24) is 9.99 Å². The van der Waals surface area contributed by atoms with Crippen molar-refractivity contribution in [1.29, 1.82) is 0 Å². The zero-order valence-electron chi connectivity index (χ0n) is 13.3. The number of aromatic nitrogens is 1. The van der Waals surface area contributed by atoms with Gasteiger partial charge in [0.25, 0.3) is 11.8 Å². The molecule has 136 valence electrons. The number of carbonyl (C=O) groups is 2. The number of hydrogen-bond acceptors (Lipinski definition) is 4. The first kappa shape index (κ1) is 18.5. The Bertz CT molecular complexity index is 978. The fraction of sp³-hybridized carbons (Fsp3) is 0.188. The number of rotatable bonds is 2. The fourth-order valence-electron chi connectivity index (χ4n) is 2.49. The molecule has 0 saturated carbocycles. The molecule has 1 aliphatic rings. The van der Waals surface area contributed by atoms with E-state index < -0.39 is 23.6 Å². The van der Waals surface area contributed by atoms with E-state index in [2.05, 4.69) is 10.4 Å². The summed E-state index contributed by atoms with van der Waals surface area (Å²) in [4.78, 5) is 28.2. The highest BCUT2D eigenvalue weighted by atomic mass is 35.5.